The molecule has 0 aliphatic carbocycles. The highest BCUT2D eigenvalue weighted by Crippen LogP contribution is 2.25. The Hall–Kier alpha value is -2.04. The van der Waals surface area contributed by atoms with Crippen LogP contribution in [0.25, 0.3) is 11.1 Å². The van der Waals surface area contributed by atoms with Crippen molar-refractivity contribution in [1.82, 2.24) is 10.3 Å². The van der Waals surface area contributed by atoms with Gasteiger partial charge in [0.1, 0.15) is 17.2 Å². The van der Waals surface area contributed by atoms with Gasteiger partial charge in [0, 0.05) is 0 Å². The van der Waals surface area contributed by atoms with Gasteiger partial charge in [-0.25, -0.2) is 9.78 Å². The summed E-state index contributed by atoms with van der Waals surface area (Å²) in [6.07, 6.45) is -0.469. The average molecular weight is 290 g/mol. The number of rotatable bonds is 3. The van der Waals surface area contributed by atoms with Gasteiger partial charge >= 0.3 is 6.09 Å². The quantitative estimate of drug-likeness (QED) is 0.926. The van der Waals surface area contributed by atoms with Gasteiger partial charge in [0.15, 0.2) is 5.58 Å². The van der Waals surface area contributed by atoms with Gasteiger partial charge in [-0.15, -0.1) is 0 Å². The number of nitrogens with zero attached hydrogens (tertiary/aromatic N) is 1. The maximum atomic E-state index is 12.0. The summed E-state index contributed by atoms with van der Waals surface area (Å²) in [6.45, 7) is 9.48. The third kappa shape index (κ3) is 3.97. The number of benzene rings is 1. The number of aromatic nitrogens is 1. The standard InChI is InChI=1S/C16H22N2O3/c1-10(2)13(18-15(19)21-16(3,4)5)14-17-11-8-6-7-9-12(11)20-14/h6-10,13H,1-5H3,(H,18,19). The van der Waals surface area contributed by atoms with Crippen LogP contribution in [0.4, 0.5) is 4.79 Å². The highest BCUT2D eigenvalue weighted by atomic mass is 16.6. The molecule has 5 nitrogen and oxygen atoms in total. The van der Waals surface area contributed by atoms with Crippen LogP contribution in [-0.4, -0.2) is 16.7 Å². The first-order chi connectivity index (χ1) is 9.76. The SMILES string of the molecule is CC(C)C(NC(=O)OC(C)(C)C)c1nc2ccccc2o1. The third-order valence-corrected chi connectivity index (χ3v) is 2.92. The summed E-state index contributed by atoms with van der Waals surface area (Å²) in [5.74, 6) is 0.627. The van der Waals surface area contributed by atoms with Gasteiger partial charge in [-0.05, 0) is 38.8 Å². The van der Waals surface area contributed by atoms with Crippen molar-refractivity contribution >= 4 is 17.2 Å². The lowest BCUT2D eigenvalue weighted by Crippen LogP contribution is -2.37. The molecule has 1 heterocycles. The summed E-state index contributed by atoms with van der Waals surface area (Å²) in [5, 5.41) is 2.83. The Bertz CT molecular complexity index is 593. The minimum atomic E-state index is -0.535. The molecule has 1 aromatic carbocycles. The number of amides is 1. The number of carbonyl (C=O) groups is 1. The molecule has 0 bridgehead atoms. The van der Waals surface area contributed by atoms with Crippen molar-refractivity contribution in [2.45, 2.75) is 46.3 Å². The number of ether oxygens (including phenoxy) is 1. The minimum Gasteiger partial charge on any atom is -0.444 e. The number of hydrogen-bond donors (Lipinski definition) is 1. The Morgan fingerprint density at radius 2 is 1.95 bits per heavy atom. The van der Waals surface area contributed by atoms with E-state index in [0.29, 0.717) is 11.5 Å². The van der Waals surface area contributed by atoms with Gasteiger partial charge < -0.3 is 14.5 Å². The first kappa shape index (κ1) is 15.4. The molecule has 0 spiro atoms. The lowest BCUT2D eigenvalue weighted by atomic mass is 10.0. The van der Waals surface area contributed by atoms with Gasteiger partial charge in [0.25, 0.3) is 0 Å². The summed E-state index contributed by atoms with van der Waals surface area (Å²) in [5.41, 5.74) is 0.959. The molecule has 0 aliphatic rings. The van der Waals surface area contributed by atoms with Gasteiger partial charge in [-0.2, -0.15) is 0 Å². The number of carbonyl (C=O) groups excluding carboxylic acids is 1. The zero-order valence-corrected chi connectivity index (χ0v) is 13.1. The van der Waals surface area contributed by atoms with Crippen molar-refractivity contribution in [3.05, 3.63) is 30.2 Å². The van der Waals surface area contributed by atoms with Crippen LogP contribution in [0, 0.1) is 5.92 Å². The third-order valence-electron chi connectivity index (χ3n) is 2.92. The zero-order chi connectivity index (χ0) is 15.6. The minimum absolute atomic E-state index is 0.130. The molecule has 0 aliphatic heterocycles. The molecule has 5 heteroatoms. The first-order valence-electron chi connectivity index (χ1n) is 7.11. The van der Waals surface area contributed by atoms with Crippen LogP contribution in [0.5, 0.6) is 0 Å². The van der Waals surface area contributed by atoms with E-state index in [0.717, 1.165) is 5.52 Å². The smallest absolute Gasteiger partial charge is 0.408 e. The summed E-state index contributed by atoms with van der Waals surface area (Å²) in [4.78, 5) is 16.4. The van der Waals surface area contributed by atoms with E-state index in [1.165, 1.54) is 0 Å². The van der Waals surface area contributed by atoms with Gasteiger partial charge in [0.05, 0.1) is 0 Å². The normalized spacial score (nSPS) is 13.4. The van der Waals surface area contributed by atoms with Crippen molar-refractivity contribution in [2.24, 2.45) is 5.92 Å². The van der Waals surface area contributed by atoms with Gasteiger partial charge in [-0.3, -0.25) is 0 Å². The fourth-order valence-electron chi connectivity index (χ4n) is 1.97. The fourth-order valence-corrected chi connectivity index (χ4v) is 1.97. The van der Waals surface area contributed by atoms with Crippen LogP contribution < -0.4 is 5.32 Å². The molecule has 21 heavy (non-hydrogen) atoms. The lowest BCUT2D eigenvalue weighted by molar-refractivity contribution is 0.0480. The van der Waals surface area contributed by atoms with E-state index in [4.69, 9.17) is 9.15 Å². The highest BCUT2D eigenvalue weighted by molar-refractivity contribution is 5.72. The summed E-state index contributed by atoms with van der Waals surface area (Å²) in [7, 11) is 0. The Kier molecular flexibility index (Phi) is 4.21. The van der Waals surface area contributed by atoms with Crippen molar-refractivity contribution < 1.29 is 13.9 Å². The first-order valence-corrected chi connectivity index (χ1v) is 7.11. The van der Waals surface area contributed by atoms with Crippen molar-refractivity contribution in [3.63, 3.8) is 0 Å². The molecule has 1 unspecified atom stereocenters. The van der Waals surface area contributed by atoms with E-state index in [1.54, 1.807) is 0 Å². The Morgan fingerprint density at radius 1 is 1.29 bits per heavy atom. The molecule has 0 saturated heterocycles. The number of hydrogen-bond acceptors (Lipinski definition) is 4. The molecule has 1 aromatic heterocycles. The van der Waals surface area contributed by atoms with Gasteiger partial charge in [0.2, 0.25) is 5.89 Å². The Morgan fingerprint density at radius 3 is 2.52 bits per heavy atom. The maximum absolute atomic E-state index is 12.0. The molecule has 2 aromatic rings. The number of para-hydroxylation sites is 2. The van der Waals surface area contributed by atoms with E-state index >= 15 is 0 Å². The lowest BCUT2D eigenvalue weighted by Gasteiger charge is -2.24. The van der Waals surface area contributed by atoms with Crippen molar-refractivity contribution in [1.29, 1.82) is 0 Å². The number of fused-ring (bicyclic) bond motifs is 1. The molecule has 0 radical (unpaired) electrons. The summed E-state index contributed by atoms with van der Waals surface area (Å²) < 4.78 is 11.0. The molecule has 0 saturated carbocycles. The monoisotopic (exact) mass is 290 g/mol. The zero-order valence-electron chi connectivity index (χ0n) is 13.1. The number of nitrogens with one attached hydrogen (secondary N) is 1. The van der Waals surface area contributed by atoms with Crippen LogP contribution in [-0.2, 0) is 4.74 Å². The molecule has 1 atom stereocenters. The van der Waals surface area contributed by atoms with Crippen LogP contribution in [0.2, 0.25) is 0 Å². The predicted octanol–water partition coefficient (Wildman–Crippen LogP) is 4.05. The molecule has 0 fully saturated rings. The Labute approximate surface area is 124 Å². The second kappa shape index (κ2) is 5.76. The molecular formula is C16H22N2O3. The van der Waals surface area contributed by atoms with E-state index < -0.39 is 11.7 Å². The maximum Gasteiger partial charge on any atom is 0.408 e. The topological polar surface area (TPSA) is 64.4 Å². The van der Waals surface area contributed by atoms with Crippen LogP contribution in [0.1, 0.15) is 46.6 Å². The van der Waals surface area contributed by atoms with Crippen LogP contribution in [0.3, 0.4) is 0 Å². The molecule has 1 amide bonds. The molecule has 1 N–H and O–H groups in total. The Balaban J connectivity index is 2.21. The van der Waals surface area contributed by atoms with E-state index in [2.05, 4.69) is 10.3 Å². The molecule has 114 valence electrons. The second-order valence-corrected chi connectivity index (χ2v) is 6.39. The molecular weight excluding hydrogens is 268 g/mol. The van der Waals surface area contributed by atoms with E-state index in [-0.39, 0.29) is 12.0 Å². The molecule has 2 rings (SSSR count). The van der Waals surface area contributed by atoms with E-state index in [1.807, 2.05) is 58.9 Å². The van der Waals surface area contributed by atoms with Gasteiger partial charge in [-0.1, -0.05) is 26.0 Å². The number of oxazole rings is 1. The summed E-state index contributed by atoms with van der Waals surface area (Å²) in [6, 6.07) is 7.21. The largest absolute Gasteiger partial charge is 0.444 e. The second-order valence-electron chi connectivity index (χ2n) is 6.39. The van der Waals surface area contributed by atoms with Crippen LogP contribution >= 0.6 is 0 Å². The van der Waals surface area contributed by atoms with Crippen LogP contribution in [0.15, 0.2) is 28.7 Å². The predicted molar refractivity (Wildman–Crippen MR) is 81.0 cm³/mol. The fraction of sp³-hybridized carbons (Fsp3) is 0.500. The number of alkyl carbamates (subject to hydrolysis) is 1. The summed E-state index contributed by atoms with van der Waals surface area (Å²) >= 11 is 0. The van der Waals surface area contributed by atoms with E-state index in [9.17, 15) is 4.79 Å². The average Bonchev–Trinajstić information content (AvgIpc) is 2.76. The van der Waals surface area contributed by atoms with Crippen molar-refractivity contribution in [2.75, 3.05) is 0 Å². The highest BCUT2D eigenvalue weighted by Gasteiger charge is 2.26. The van der Waals surface area contributed by atoms with Crippen molar-refractivity contribution in [3.8, 4) is 0 Å².